The molecule has 0 spiro atoms. The minimum absolute atomic E-state index is 0.244. The number of rotatable bonds is 3. The zero-order valence-corrected chi connectivity index (χ0v) is 8.50. The first kappa shape index (κ1) is 10.6. The lowest BCUT2D eigenvalue weighted by Crippen LogP contribution is -1.97. The highest BCUT2D eigenvalue weighted by Crippen LogP contribution is 2.11. The zero-order chi connectivity index (χ0) is 10.4. The van der Waals surface area contributed by atoms with Gasteiger partial charge < -0.3 is 4.74 Å². The summed E-state index contributed by atoms with van der Waals surface area (Å²) >= 11 is 4.33. The van der Waals surface area contributed by atoms with Crippen LogP contribution in [0.25, 0.3) is 0 Å². The Hall–Kier alpha value is -1.51. The Morgan fingerprint density at radius 2 is 2.14 bits per heavy atom. The van der Waals surface area contributed by atoms with Gasteiger partial charge in [0.15, 0.2) is 0 Å². The molecule has 0 fully saturated rings. The van der Waals surface area contributed by atoms with Crippen LogP contribution >= 0.6 is 12.2 Å². The summed E-state index contributed by atoms with van der Waals surface area (Å²) in [5.74, 6) is 0.477. The summed E-state index contributed by atoms with van der Waals surface area (Å²) in [6.07, 6.45) is 0.244. The van der Waals surface area contributed by atoms with Crippen molar-refractivity contribution in [1.29, 1.82) is 0 Å². The monoisotopic (exact) mass is 207 g/mol. The van der Waals surface area contributed by atoms with E-state index in [0.29, 0.717) is 0 Å². The predicted octanol–water partition coefficient (Wildman–Crippen LogP) is 1.87. The Balaban J connectivity index is 2.68. The molecule has 0 saturated carbocycles. The summed E-state index contributed by atoms with van der Waals surface area (Å²) in [6, 6.07) is 7.22. The average Bonchev–Trinajstić information content (AvgIpc) is 2.19. The van der Waals surface area contributed by atoms with Crippen molar-refractivity contribution in [1.82, 2.24) is 0 Å². The number of carbonyl (C=O) groups excluding carboxylic acids is 1. The first-order valence-electron chi connectivity index (χ1n) is 4.00. The number of hydrogen-bond acceptors (Lipinski definition) is 3. The highest BCUT2D eigenvalue weighted by atomic mass is 32.1. The number of ether oxygens (including phenoxy) is 1. The molecule has 0 unspecified atom stereocenters. The van der Waals surface area contributed by atoms with Crippen molar-refractivity contribution in [3.63, 3.8) is 0 Å². The molecule has 0 aliphatic carbocycles. The largest absolute Gasteiger partial charge is 0.497 e. The first-order chi connectivity index (χ1) is 6.76. The van der Waals surface area contributed by atoms with Gasteiger partial charge in [0, 0.05) is 0 Å². The SMILES string of the molecule is COc1ccc(CC(=O)N=C=S)cc1. The van der Waals surface area contributed by atoms with Crippen LogP contribution in [0, 0.1) is 0 Å². The number of aliphatic imine (C=N–C) groups is 1. The van der Waals surface area contributed by atoms with Crippen LogP contribution < -0.4 is 4.74 Å². The van der Waals surface area contributed by atoms with E-state index < -0.39 is 0 Å². The van der Waals surface area contributed by atoms with Crippen molar-refractivity contribution in [2.24, 2.45) is 4.99 Å². The lowest BCUT2D eigenvalue weighted by Gasteiger charge is -2.00. The van der Waals surface area contributed by atoms with Crippen LogP contribution in [0.5, 0.6) is 5.75 Å². The van der Waals surface area contributed by atoms with Crippen molar-refractivity contribution in [2.75, 3.05) is 7.11 Å². The van der Waals surface area contributed by atoms with Crippen LogP contribution in [0.1, 0.15) is 5.56 Å². The fourth-order valence-corrected chi connectivity index (χ4v) is 1.11. The van der Waals surface area contributed by atoms with Gasteiger partial charge in [0.25, 0.3) is 5.91 Å². The van der Waals surface area contributed by atoms with E-state index in [1.807, 2.05) is 17.3 Å². The summed E-state index contributed by atoms with van der Waals surface area (Å²) in [6.45, 7) is 0. The number of nitrogens with zero attached hydrogens (tertiary/aromatic N) is 1. The molecule has 1 amide bonds. The van der Waals surface area contributed by atoms with E-state index in [0.717, 1.165) is 11.3 Å². The van der Waals surface area contributed by atoms with Crippen molar-refractivity contribution < 1.29 is 9.53 Å². The third-order valence-corrected chi connectivity index (χ3v) is 1.78. The minimum atomic E-state index is -0.287. The molecule has 0 aliphatic rings. The Kier molecular flexibility index (Phi) is 3.98. The van der Waals surface area contributed by atoms with Crippen LogP contribution in [0.15, 0.2) is 29.3 Å². The van der Waals surface area contributed by atoms with Crippen LogP contribution in [0.3, 0.4) is 0 Å². The number of amides is 1. The van der Waals surface area contributed by atoms with Crippen molar-refractivity contribution in [3.8, 4) is 5.75 Å². The molecule has 1 aromatic carbocycles. The van der Waals surface area contributed by atoms with Crippen LogP contribution in [-0.2, 0) is 11.2 Å². The van der Waals surface area contributed by atoms with E-state index in [1.54, 1.807) is 19.2 Å². The number of thiocarbonyl (C=S) groups is 1. The van der Waals surface area contributed by atoms with Gasteiger partial charge in [0.2, 0.25) is 0 Å². The first-order valence-corrected chi connectivity index (χ1v) is 4.40. The normalized spacial score (nSPS) is 8.93. The Morgan fingerprint density at radius 3 is 2.64 bits per heavy atom. The summed E-state index contributed by atoms with van der Waals surface area (Å²) in [7, 11) is 1.59. The van der Waals surface area contributed by atoms with Crippen LogP contribution in [-0.4, -0.2) is 18.2 Å². The molecule has 0 aliphatic heterocycles. The molecule has 4 heteroatoms. The summed E-state index contributed by atoms with van der Waals surface area (Å²) < 4.78 is 4.98. The van der Waals surface area contributed by atoms with Gasteiger partial charge in [0.1, 0.15) is 5.75 Å². The van der Waals surface area contributed by atoms with E-state index in [-0.39, 0.29) is 12.3 Å². The maximum atomic E-state index is 11.0. The second kappa shape index (κ2) is 5.27. The molecule has 1 aromatic rings. The zero-order valence-electron chi connectivity index (χ0n) is 7.69. The Labute approximate surface area is 87.4 Å². The van der Waals surface area contributed by atoms with Gasteiger partial charge in [-0.3, -0.25) is 4.79 Å². The molecule has 0 atom stereocenters. The summed E-state index contributed by atoms with van der Waals surface area (Å²) in [5.41, 5.74) is 0.879. The molecule has 0 radical (unpaired) electrons. The molecule has 3 nitrogen and oxygen atoms in total. The summed E-state index contributed by atoms with van der Waals surface area (Å²) in [5, 5.41) is 2.04. The molecule has 14 heavy (non-hydrogen) atoms. The molecule has 72 valence electrons. The van der Waals surface area contributed by atoms with Gasteiger partial charge in [-0.05, 0) is 29.9 Å². The molecule has 0 heterocycles. The van der Waals surface area contributed by atoms with Crippen LogP contribution in [0.4, 0.5) is 0 Å². The number of methoxy groups -OCH3 is 1. The second-order valence-electron chi connectivity index (χ2n) is 2.62. The molecule has 0 N–H and O–H groups in total. The third kappa shape index (κ3) is 3.09. The Morgan fingerprint density at radius 1 is 1.50 bits per heavy atom. The van der Waals surface area contributed by atoms with E-state index in [4.69, 9.17) is 4.74 Å². The van der Waals surface area contributed by atoms with Crippen molar-refractivity contribution in [2.45, 2.75) is 6.42 Å². The fourth-order valence-electron chi connectivity index (χ4n) is 1.01. The molecular weight excluding hydrogens is 198 g/mol. The average molecular weight is 207 g/mol. The van der Waals surface area contributed by atoms with Crippen molar-refractivity contribution in [3.05, 3.63) is 29.8 Å². The molecule has 0 aromatic heterocycles. The topological polar surface area (TPSA) is 38.7 Å². The van der Waals surface area contributed by atoms with E-state index >= 15 is 0 Å². The third-order valence-electron chi connectivity index (χ3n) is 1.68. The van der Waals surface area contributed by atoms with Crippen molar-refractivity contribution >= 4 is 23.3 Å². The molecule has 0 bridgehead atoms. The van der Waals surface area contributed by atoms with E-state index in [1.165, 1.54) is 0 Å². The maximum absolute atomic E-state index is 11.0. The highest BCUT2D eigenvalue weighted by molar-refractivity contribution is 7.78. The maximum Gasteiger partial charge on any atom is 0.258 e. The van der Waals surface area contributed by atoms with Gasteiger partial charge in [-0.1, -0.05) is 12.1 Å². The van der Waals surface area contributed by atoms with Gasteiger partial charge in [-0.15, -0.1) is 0 Å². The lowest BCUT2D eigenvalue weighted by atomic mass is 10.1. The van der Waals surface area contributed by atoms with Gasteiger partial charge >= 0.3 is 0 Å². The number of isothiocyanates is 1. The molecule has 0 saturated heterocycles. The molecular formula is C10H9NO2S. The van der Waals surface area contributed by atoms with E-state index in [9.17, 15) is 4.79 Å². The Bertz CT molecular complexity index is 366. The van der Waals surface area contributed by atoms with Gasteiger partial charge in [0.05, 0.1) is 18.7 Å². The standard InChI is InChI=1S/C10H9NO2S/c1-13-9-4-2-8(3-5-9)6-10(12)11-7-14/h2-5H,6H2,1H3. The second-order valence-corrected chi connectivity index (χ2v) is 2.80. The van der Waals surface area contributed by atoms with Crippen LogP contribution in [0.2, 0.25) is 0 Å². The number of hydrogen-bond donors (Lipinski definition) is 0. The quantitative estimate of drug-likeness (QED) is 0.561. The molecule has 1 rings (SSSR count). The lowest BCUT2D eigenvalue weighted by molar-refractivity contribution is -0.117. The minimum Gasteiger partial charge on any atom is -0.497 e. The smallest absolute Gasteiger partial charge is 0.258 e. The fraction of sp³-hybridized carbons (Fsp3) is 0.200. The summed E-state index contributed by atoms with van der Waals surface area (Å²) in [4.78, 5) is 14.4. The number of benzene rings is 1. The predicted molar refractivity (Wildman–Crippen MR) is 56.7 cm³/mol. The number of carbonyl (C=O) groups is 1. The van der Waals surface area contributed by atoms with E-state index in [2.05, 4.69) is 17.2 Å². The van der Waals surface area contributed by atoms with Gasteiger partial charge in [-0.2, -0.15) is 4.99 Å². The highest BCUT2D eigenvalue weighted by Gasteiger charge is 2.00. The van der Waals surface area contributed by atoms with Gasteiger partial charge in [-0.25, -0.2) is 0 Å².